The molecule has 0 radical (unpaired) electrons. The number of halogens is 2. The smallest absolute Gasteiger partial charge is 0.148 e. The fraction of sp³-hybridized carbons (Fsp3) is 0. The van der Waals surface area contributed by atoms with Crippen molar-refractivity contribution in [1.29, 1.82) is 0 Å². The van der Waals surface area contributed by atoms with Gasteiger partial charge in [-0.25, -0.2) is 9.07 Å². The third-order valence-corrected chi connectivity index (χ3v) is 3.43. The van der Waals surface area contributed by atoms with Crippen molar-refractivity contribution < 1.29 is 4.39 Å². The van der Waals surface area contributed by atoms with E-state index >= 15 is 0 Å². The summed E-state index contributed by atoms with van der Waals surface area (Å²) in [5.41, 5.74) is 8.39. The predicted molar refractivity (Wildman–Crippen MR) is 81.1 cm³/mol. The number of para-hydroxylation sites is 1. The molecule has 5 heteroatoms. The molecule has 0 aliphatic heterocycles. The molecule has 3 nitrogen and oxygen atoms in total. The van der Waals surface area contributed by atoms with Crippen molar-refractivity contribution in [3.8, 4) is 16.9 Å². The first-order chi connectivity index (χ1) is 9.65. The molecule has 3 aromatic rings. The second kappa shape index (κ2) is 5.09. The van der Waals surface area contributed by atoms with E-state index in [1.165, 1.54) is 10.7 Å². The molecule has 2 aromatic carbocycles. The largest absolute Gasteiger partial charge is 0.396 e. The third-order valence-electron chi connectivity index (χ3n) is 2.94. The summed E-state index contributed by atoms with van der Waals surface area (Å²) < 4.78 is 16.2. The highest BCUT2D eigenvalue weighted by Gasteiger charge is 2.12. The Kier molecular flexibility index (Phi) is 3.28. The highest BCUT2D eigenvalue weighted by molar-refractivity contribution is 9.10. The predicted octanol–water partition coefficient (Wildman–Crippen LogP) is 4.02. The number of nitrogen functional groups attached to an aromatic ring is 1. The molecule has 0 aliphatic carbocycles. The van der Waals surface area contributed by atoms with Crippen LogP contribution in [0.5, 0.6) is 0 Å². The van der Waals surface area contributed by atoms with Gasteiger partial charge >= 0.3 is 0 Å². The zero-order valence-corrected chi connectivity index (χ0v) is 12.0. The summed E-state index contributed by atoms with van der Waals surface area (Å²) in [5, 5.41) is 4.38. The van der Waals surface area contributed by atoms with Gasteiger partial charge in [0.15, 0.2) is 0 Å². The second-order valence-corrected chi connectivity index (χ2v) is 5.26. The molecule has 1 aromatic heterocycles. The lowest BCUT2D eigenvalue weighted by atomic mass is 10.1. The number of hydrogen-bond donors (Lipinski definition) is 1. The van der Waals surface area contributed by atoms with E-state index in [1.807, 2.05) is 24.3 Å². The maximum atomic E-state index is 13.8. The Balaban J connectivity index is 2.10. The Hall–Kier alpha value is -2.14. The van der Waals surface area contributed by atoms with Crippen molar-refractivity contribution in [1.82, 2.24) is 9.78 Å². The molecular formula is C15H11BrFN3. The van der Waals surface area contributed by atoms with Crippen molar-refractivity contribution in [2.24, 2.45) is 0 Å². The first kappa shape index (κ1) is 12.9. The molecule has 0 bridgehead atoms. The minimum absolute atomic E-state index is 0.337. The van der Waals surface area contributed by atoms with Crippen molar-refractivity contribution >= 4 is 21.6 Å². The van der Waals surface area contributed by atoms with Crippen LogP contribution in [0.3, 0.4) is 0 Å². The Bertz CT molecular complexity index is 767. The molecule has 0 saturated heterocycles. The molecule has 0 unspecified atom stereocenters. The average Bonchev–Trinajstić information content (AvgIpc) is 2.81. The Labute approximate surface area is 124 Å². The van der Waals surface area contributed by atoms with E-state index in [0.717, 1.165) is 10.0 Å². The monoisotopic (exact) mass is 331 g/mol. The molecule has 2 N–H and O–H groups in total. The van der Waals surface area contributed by atoms with Crippen molar-refractivity contribution in [2.45, 2.75) is 0 Å². The van der Waals surface area contributed by atoms with Gasteiger partial charge in [0.25, 0.3) is 0 Å². The van der Waals surface area contributed by atoms with Crippen LogP contribution in [0.4, 0.5) is 10.1 Å². The maximum Gasteiger partial charge on any atom is 0.148 e. The Morgan fingerprint density at radius 1 is 1.10 bits per heavy atom. The first-order valence-electron chi connectivity index (χ1n) is 6.01. The van der Waals surface area contributed by atoms with E-state index in [2.05, 4.69) is 21.0 Å². The fourth-order valence-corrected chi connectivity index (χ4v) is 2.41. The number of aromatic nitrogens is 2. The molecule has 0 fully saturated rings. The molecule has 0 amide bonds. The van der Waals surface area contributed by atoms with Crippen molar-refractivity contribution in [2.75, 3.05) is 5.73 Å². The van der Waals surface area contributed by atoms with E-state index in [0.29, 0.717) is 17.1 Å². The van der Waals surface area contributed by atoms with Gasteiger partial charge in [0.2, 0.25) is 0 Å². The van der Waals surface area contributed by atoms with Crippen LogP contribution < -0.4 is 5.73 Å². The lowest BCUT2D eigenvalue weighted by Crippen LogP contribution is -1.98. The van der Waals surface area contributed by atoms with Gasteiger partial charge in [-0.2, -0.15) is 5.10 Å². The SMILES string of the molecule is Nc1cn(-c2ccccc2F)nc1-c1cccc(Br)c1. The lowest BCUT2D eigenvalue weighted by molar-refractivity contribution is 0.611. The molecule has 0 saturated carbocycles. The molecule has 1 heterocycles. The molecule has 100 valence electrons. The molecule has 0 atom stereocenters. The summed E-state index contributed by atoms with van der Waals surface area (Å²) >= 11 is 3.41. The number of nitrogens with zero attached hydrogens (tertiary/aromatic N) is 2. The van der Waals surface area contributed by atoms with Crippen LogP contribution in [0.15, 0.2) is 59.2 Å². The molecular weight excluding hydrogens is 321 g/mol. The van der Waals surface area contributed by atoms with Gasteiger partial charge in [0, 0.05) is 10.0 Å². The van der Waals surface area contributed by atoms with Gasteiger partial charge in [0.05, 0.1) is 11.9 Å². The highest BCUT2D eigenvalue weighted by atomic mass is 79.9. The minimum atomic E-state index is -0.337. The van der Waals surface area contributed by atoms with Crippen molar-refractivity contribution in [3.63, 3.8) is 0 Å². The molecule has 20 heavy (non-hydrogen) atoms. The van der Waals surface area contributed by atoms with E-state index in [9.17, 15) is 4.39 Å². The second-order valence-electron chi connectivity index (χ2n) is 4.34. The standard InChI is InChI=1S/C15H11BrFN3/c16-11-5-3-4-10(8-11)15-13(18)9-20(19-15)14-7-2-1-6-12(14)17/h1-9H,18H2. The van der Waals surface area contributed by atoms with Crippen LogP contribution in [0, 0.1) is 5.82 Å². The summed E-state index contributed by atoms with van der Waals surface area (Å²) in [6.07, 6.45) is 1.62. The number of hydrogen-bond acceptors (Lipinski definition) is 2. The van der Waals surface area contributed by atoms with Gasteiger partial charge < -0.3 is 5.73 Å². The van der Waals surface area contributed by atoms with Gasteiger partial charge in [-0.3, -0.25) is 0 Å². The zero-order chi connectivity index (χ0) is 14.1. The summed E-state index contributed by atoms with van der Waals surface area (Å²) in [6, 6.07) is 14.1. The summed E-state index contributed by atoms with van der Waals surface area (Å²) in [7, 11) is 0. The van der Waals surface area contributed by atoms with E-state index in [-0.39, 0.29) is 5.82 Å². The summed E-state index contributed by atoms with van der Waals surface area (Å²) in [4.78, 5) is 0. The highest BCUT2D eigenvalue weighted by Crippen LogP contribution is 2.27. The number of benzene rings is 2. The first-order valence-corrected chi connectivity index (χ1v) is 6.80. The molecule has 0 spiro atoms. The van der Waals surface area contributed by atoms with Crippen LogP contribution in [-0.4, -0.2) is 9.78 Å². The fourth-order valence-electron chi connectivity index (χ4n) is 2.01. The van der Waals surface area contributed by atoms with Crippen LogP contribution in [0.1, 0.15) is 0 Å². The molecule has 3 rings (SSSR count). The Morgan fingerprint density at radius 3 is 2.65 bits per heavy atom. The van der Waals surface area contributed by atoms with Crippen LogP contribution >= 0.6 is 15.9 Å². The summed E-state index contributed by atoms with van der Waals surface area (Å²) in [6.45, 7) is 0. The number of anilines is 1. The van der Waals surface area contributed by atoms with E-state index < -0.39 is 0 Å². The van der Waals surface area contributed by atoms with E-state index in [1.54, 1.807) is 24.4 Å². The maximum absolute atomic E-state index is 13.8. The zero-order valence-electron chi connectivity index (χ0n) is 10.4. The quantitative estimate of drug-likeness (QED) is 0.770. The van der Waals surface area contributed by atoms with Crippen molar-refractivity contribution in [3.05, 3.63) is 65.0 Å². The van der Waals surface area contributed by atoms with Gasteiger partial charge in [-0.1, -0.05) is 40.2 Å². The van der Waals surface area contributed by atoms with Crippen LogP contribution in [0.25, 0.3) is 16.9 Å². The molecule has 0 aliphatic rings. The minimum Gasteiger partial charge on any atom is -0.396 e. The summed E-state index contributed by atoms with van der Waals surface area (Å²) in [5.74, 6) is -0.337. The number of nitrogens with two attached hydrogens (primary N) is 1. The van der Waals surface area contributed by atoms with Gasteiger partial charge in [0.1, 0.15) is 17.2 Å². The topological polar surface area (TPSA) is 43.8 Å². The third kappa shape index (κ3) is 2.32. The average molecular weight is 332 g/mol. The van der Waals surface area contributed by atoms with Gasteiger partial charge in [-0.05, 0) is 24.3 Å². The van der Waals surface area contributed by atoms with Gasteiger partial charge in [-0.15, -0.1) is 0 Å². The Morgan fingerprint density at radius 2 is 1.90 bits per heavy atom. The van der Waals surface area contributed by atoms with E-state index in [4.69, 9.17) is 5.73 Å². The normalized spacial score (nSPS) is 10.7. The number of rotatable bonds is 2. The van der Waals surface area contributed by atoms with Crippen LogP contribution in [0.2, 0.25) is 0 Å². The lowest BCUT2D eigenvalue weighted by Gasteiger charge is -2.02. The van der Waals surface area contributed by atoms with Crippen LogP contribution in [-0.2, 0) is 0 Å².